The molecule has 1 spiro atoms. The summed E-state index contributed by atoms with van der Waals surface area (Å²) in [5.41, 5.74) is 3.82. The summed E-state index contributed by atoms with van der Waals surface area (Å²) in [7, 11) is 4.82. The summed E-state index contributed by atoms with van der Waals surface area (Å²) in [4.78, 5) is 15.4. The number of anilines is 1. The lowest BCUT2D eigenvalue weighted by atomic mass is 9.62. The molecule has 4 aromatic carbocycles. The van der Waals surface area contributed by atoms with E-state index in [1.54, 1.807) is 30.3 Å². The number of methoxy groups -OCH3 is 2. The number of carbonyl (C=O) groups excluding carboxylic acids is 1. The number of phenols is 4. The molecule has 0 aromatic heterocycles. The zero-order valence-corrected chi connectivity index (χ0v) is 32.3. The van der Waals surface area contributed by atoms with Gasteiger partial charge in [-0.2, -0.15) is 0 Å². The lowest BCUT2D eigenvalue weighted by Crippen LogP contribution is -2.44. The van der Waals surface area contributed by atoms with Gasteiger partial charge in [-0.05, 0) is 133 Å². The number of nitrogens with one attached hydrogen (secondary N) is 3. The van der Waals surface area contributed by atoms with Crippen molar-refractivity contribution in [2.75, 3.05) is 39.7 Å². The van der Waals surface area contributed by atoms with E-state index in [4.69, 9.17) is 9.47 Å². The largest absolute Gasteiger partial charge is 0.508 e. The second kappa shape index (κ2) is 16.4. The Morgan fingerprint density at radius 3 is 2.46 bits per heavy atom. The molecule has 4 atom stereocenters. The number of likely N-dealkylation sites (N-methyl/N-ethyl adjacent to an activating group) is 1. The van der Waals surface area contributed by atoms with Crippen LogP contribution in [0.25, 0.3) is 10.8 Å². The molecule has 7 rings (SSSR count). The van der Waals surface area contributed by atoms with Crippen LogP contribution in [0.15, 0.2) is 84.2 Å². The third-order valence-corrected chi connectivity index (χ3v) is 12.2. The number of ether oxygens (including phenoxy) is 2. The number of hydrogen-bond donors (Lipinski definition) is 8. The minimum absolute atomic E-state index is 0.0361. The Hall–Kier alpha value is -5.39. The van der Waals surface area contributed by atoms with Crippen LogP contribution in [-0.4, -0.2) is 71.8 Å². The molecule has 0 saturated heterocycles. The summed E-state index contributed by atoms with van der Waals surface area (Å²) < 4.78 is 10.8. The Morgan fingerprint density at radius 1 is 0.929 bits per heavy atom. The minimum Gasteiger partial charge on any atom is -0.508 e. The number of aliphatic hydroxyl groups is 1. The van der Waals surface area contributed by atoms with Crippen LogP contribution in [0.4, 0.5) is 5.69 Å². The molecule has 11 nitrogen and oxygen atoms in total. The van der Waals surface area contributed by atoms with Crippen LogP contribution < -0.4 is 25.4 Å². The minimum atomic E-state index is -0.989. The maximum Gasteiger partial charge on any atom is 0.200 e. The molecule has 296 valence electrons. The first-order valence-corrected chi connectivity index (χ1v) is 19.5. The molecule has 2 bridgehead atoms. The Labute approximate surface area is 327 Å². The van der Waals surface area contributed by atoms with Gasteiger partial charge in [0.1, 0.15) is 17.4 Å². The molecule has 4 aromatic rings. The standard InChI is InChI=1S/C45H53N3O8/c1-46-25-30-19-28(29-22-38(53)44(54)40(23-29)56-3)21-37(52)43(36(51)13-7-26-6-12-35(50)39(18-26)55-2)45(15-4-5-16-45)31-14-17-47-41(24-31)48-34-11-8-27-20-32(49)9-10-33(27)42(30)34/h6,8-12,14,18,20,22-24,28,30,36,43,46-51,53-54H,4-5,7,13,15-17,19,21,25H2,1-3H3/t28-,30-,36-,43-/m1/s1. The first-order valence-electron chi connectivity index (χ1n) is 19.5. The summed E-state index contributed by atoms with van der Waals surface area (Å²) >= 11 is 0. The van der Waals surface area contributed by atoms with E-state index in [1.165, 1.54) is 20.3 Å². The number of carbonyl (C=O) groups is 1. The van der Waals surface area contributed by atoms with Gasteiger partial charge in [-0.3, -0.25) is 4.79 Å². The highest BCUT2D eigenvalue weighted by atomic mass is 16.5. The SMILES string of the molecule is CNC[C@H]1C[C@@H](c2cc(O)c(O)c(OC)c2)CC(=O)[C@@H]([C@H](O)CCc2ccc(O)c(OC)c2)C2(CCCC2)C2=CCNC(=C2)Nc2ccc3cc(O)ccc3c21. The Kier molecular flexibility index (Phi) is 11.4. The number of phenolic OH excluding ortho intramolecular Hbond substituents is 4. The third kappa shape index (κ3) is 7.57. The first-order chi connectivity index (χ1) is 27.0. The van der Waals surface area contributed by atoms with E-state index in [2.05, 4.69) is 28.1 Å². The fraction of sp³-hybridized carbons (Fsp3) is 0.400. The number of benzene rings is 4. The van der Waals surface area contributed by atoms with Gasteiger partial charge in [-0.25, -0.2) is 0 Å². The summed E-state index contributed by atoms with van der Waals surface area (Å²) in [6, 6.07) is 17.8. The molecule has 2 aliphatic heterocycles. The number of ketones is 1. The van der Waals surface area contributed by atoms with Crippen LogP contribution >= 0.6 is 0 Å². The number of rotatable bonds is 9. The summed E-state index contributed by atoms with van der Waals surface area (Å²) in [5.74, 6) is -0.692. The highest BCUT2D eigenvalue weighted by Crippen LogP contribution is 2.54. The van der Waals surface area contributed by atoms with Gasteiger partial charge in [0.05, 0.1) is 26.2 Å². The molecule has 11 heteroatoms. The predicted molar refractivity (Wildman–Crippen MR) is 217 cm³/mol. The zero-order valence-electron chi connectivity index (χ0n) is 32.3. The van der Waals surface area contributed by atoms with Gasteiger partial charge in [0.15, 0.2) is 23.0 Å². The molecule has 8 N–H and O–H groups in total. The van der Waals surface area contributed by atoms with Crippen LogP contribution in [-0.2, 0) is 11.2 Å². The lowest BCUT2D eigenvalue weighted by Gasteiger charge is -2.42. The Morgan fingerprint density at radius 2 is 1.71 bits per heavy atom. The van der Waals surface area contributed by atoms with Gasteiger partial charge in [0, 0.05) is 30.6 Å². The Bertz CT molecular complexity index is 2160. The summed E-state index contributed by atoms with van der Waals surface area (Å²) in [5, 5.41) is 67.1. The quantitative estimate of drug-likeness (QED) is 0.0819. The fourth-order valence-corrected chi connectivity index (χ4v) is 9.64. The number of hydrogen-bond acceptors (Lipinski definition) is 11. The van der Waals surface area contributed by atoms with Crippen molar-refractivity contribution in [2.24, 2.45) is 11.3 Å². The van der Waals surface area contributed by atoms with Crippen LogP contribution in [0.2, 0.25) is 0 Å². The molecule has 1 saturated carbocycles. The summed E-state index contributed by atoms with van der Waals surface area (Å²) in [6.07, 6.45) is 7.93. The molecular formula is C45H53N3O8. The van der Waals surface area contributed by atoms with E-state index in [0.717, 1.165) is 64.7 Å². The average molecular weight is 764 g/mol. The molecule has 1 fully saturated rings. The van der Waals surface area contributed by atoms with Crippen LogP contribution in [0, 0.1) is 11.3 Å². The molecular weight excluding hydrogens is 711 g/mol. The highest BCUT2D eigenvalue weighted by molar-refractivity contribution is 5.92. The summed E-state index contributed by atoms with van der Waals surface area (Å²) in [6.45, 7) is 1.09. The molecule has 1 aliphatic carbocycles. The maximum atomic E-state index is 15.4. The second-order valence-electron chi connectivity index (χ2n) is 15.6. The van der Waals surface area contributed by atoms with Crippen molar-refractivity contribution in [1.82, 2.24) is 10.6 Å². The van der Waals surface area contributed by atoms with Crippen molar-refractivity contribution in [2.45, 2.75) is 69.3 Å². The van der Waals surface area contributed by atoms with Crippen molar-refractivity contribution >= 4 is 22.2 Å². The van der Waals surface area contributed by atoms with Crippen LogP contribution in [0.1, 0.15) is 73.5 Å². The van der Waals surface area contributed by atoms with Crippen molar-refractivity contribution in [3.8, 4) is 34.5 Å². The zero-order chi connectivity index (χ0) is 39.6. The highest BCUT2D eigenvalue weighted by Gasteiger charge is 2.50. The number of aliphatic hydroxyl groups excluding tert-OH is 1. The topological polar surface area (TPSA) is 173 Å². The fourth-order valence-electron chi connectivity index (χ4n) is 9.64. The molecule has 56 heavy (non-hydrogen) atoms. The van der Waals surface area contributed by atoms with E-state index < -0.39 is 23.4 Å². The number of fused-ring (bicyclic) bond motifs is 5. The predicted octanol–water partition coefficient (Wildman–Crippen LogP) is 7.08. The maximum absolute atomic E-state index is 15.4. The van der Waals surface area contributed by atoms with Crippen LogP contribution in [0.3, 0.4) is 0 Å². The van der Waals surface area contributed by atoms with Gasteiger partial charge in [-0.15, -0.1) is 0 Å². The smallest absolute Gasteiger partial charge is 0.200 e. The van der Waals surface area contributed by atoms with E-state index in [-0.39, 0.29) is 46.9 Å². The number of aryl methyl sites for hydroxylation is 1. The first kappa shape index (κ1) is 38.9. The van der Waals surface area contributed by atoms with Gasteiger partial charge in [-0.1, -0.05) is 37.1 Å². The monoisotopic (exact) mass is 763 g/mol. The van der Waals surface area contributed by atoms with E-state index in [1.807, 2.05) is 31.3 Å². The van der Waals surface area contributed by atoms with Gasteiger partial charge < -0.3 is 51.0 Å². The van der Waals surface area contributed by atoms with E-state index >= 15 is 4.79 Å². The average Bonchev–Trinajstić information content (AvgIpc) is 3.68. The van der Waals surface area contributed by atoms with Gasteiger partial charge >= 0.3 is 0 Å². The number of aromatic hydroxyl groups is 4. The Balaban J connectivity index is 1.39. The van der Waals surface area contributed by atoms with Gasteiger partial charge in [0.25, 0.3) is 0 Å². The lowest BCUT2D eigenvalue weighted by molar-refractivity contribution is -0.132. The second-order valence-corrected chi connectivity index (χ2v) is 15.6. The molecule has 0 radical (unpaired) electrons. The number of allylic oxidation sites excluding steroid dienone is 2. The van der Waals surface area contributed by atoms with Crippen molar-refractivity contribution in [3.63, 3.8) is 0 Å². The molecule has 0 amide bonds. The number of Topliss-reactive ketones (excluding diaryl/α,β-unsaturated/α-hetero) is 1. The molecule has 0 unspecified atom stereocenters. The van der Waals surface area contributed by atoms with E-state index in [9.17, 15) is 25.5 Å². The van der Waals surface area contributed by atoms with Crippen LogP contribution in [0.5, 0.6) is 34.5 Å². The number of dihydropyridines is 1. The van der Waals surface area contributed by atoms with Gasteiger partial charge in [0.2, 0.25) is 5.75 Å². The normalized spacial score (nSPS) is 21.4. The molecule has 3 aliphatic rings. The van der Waals surface area contributed by atoms with E-state index in [0.29, 0.717) is 43.7 Å². The van der Waals surface area contributed by atoms with Crippen molar-refractivity contribution < 1.29 is 39.8 Å². The molecule has 2 heterocycles. The van der Waals surface area contributed by atoms with Crippen molar-refractivity contribution in [1.29, 1.82) is 0 Å². The third-order valence-electron chi connectivity index (χ3n) is 12.2. The van der Waals surface area contributed by atoms with Crippen molar-refractivity contribution in [3.05, 3.63) is 101 Å².